The minimum atomic E-state index is -0.352. The van der Waals surface area contributed by atoms with Crippen LogP contribution in [-0.4, -0.2) is 90.1 Å². The van der Waals surface area contributed by atoms with Crippen LogP contribution in [0.4, 0.5) is 0 Å². The molecule has 0 saturated carbocycles. The summed E-state index contributed by atoms with van der Waals surface area (Å²) in [6, 6.07) is 7.74. The summed E-state index contributed by atoms with van der Waals surface area (Å²) in [5.74, 6) is -0.0960. The van der Waals surface area contributed by atoms with Crippen LogP contribution in [0, 0.1) is 0 Å². The maximum Gasteiger partial charge on any atom is 0.246 e. The molecule has 6 rings (SSSR count). The third kappa shape index (κ3) is 3.93. The van der Waals surface area contributed by atoms with E-state index in [9.17, 15) is 9.59 Å². The van der Waals surface area contributed by atoms with E-state index < -0.39 is 0 Å². The van der Waals surface area contributed by atoms with Crippen molar-refractivity contribution in [1.82, 2.24) is 39.5 Å². The zero-order valence-electron chi connectivity index (χ0n) is 20.0. The number of fused-ring (bicyclic) bond motifs is 2. The van der Waals surface area contributed by atoms with E-state index in [1.165, 1.54) is 6.08 Å². The second-order valence-electron chi connectivity index (χ2n) is 9.37. The number of likely N-dealkylation sites (tertiary alicyclic amines) is 1. The molecule has 6 heterocycles. The van der Waals surface area contributed by atoms with Crippen molar-refractivity contribution < 1.29 is 9.59 Å². The minimum Gasteiger partial charge on any atom is -0.342 e. The van der Waals surface area contributed by atoms with E-state index >= 15 is 0 Å². The van der Waals surface area contributed by atoms with Crippen LogP contribution in [-0.2, 0) is 16.1 Å². The first-order valence-corrected chi connectivity index (χ1v) is 12.3. The number of aromatic amines is 1. The Hall–Kier alpha value is -4.05. The highest BCUT2D eigenvalue weighted by atomic mass is 16.2. The Bertz CT molecular complexity index is 1450. The second-order valence-corrected chi connectivity index (χ2v) is 9.37. The van der Waals surface area contributed by atoms with Crippen molar-refractivity contribution in [2.24, 2.45) is 0 Å². The van der Waals surface area contributed by atoms with Crippen LogP contribution in [0.15, 0.2) is 55.5 Å². The molecule has 2 fully saturated rings. The Morgan fingerprint density at radius 2 is 1.94 bits per heavy atom. The molecule has 10 nitrogen and oxygen atoms in total. The van der Waals surface area contributed by atoms with Gasteiger partial charge >= 0.3 is 0 Å². The average Bonchev–Trinajstić information content (AvgIpc) is 3.66. The monoisotopic (exact) mass is 484 g/mol. The number of nitrogens with zero attached hydrogens (tertiary/aromatic N) is 7. The molecule has 1 N–H and O–H groups in total. The number of hydrogen-bond donors (Lipinski definition) is 1. The second kappa shape index (κ2) is 9.19. The van der Waals surface area contributed by atoms with E-state index in [4.69, 9.17) is 0 Å². The van der Waals surface area contributed by atoms with Gasteiger partial charge in [0.1, 0.15) is 11.7 Å². The molecule has 36 heavy (non-hydrogen) atoms. The molecule has 2 aliphatic heterocycles. The number of aromatic nitrogens is 5. The van der Waals surface area contributed by atoms with Crippen LogP contribution in [0.3, 0.4) is 0 Å². The van der Waals surface area contributed by atoms with E-state index in [2.05, 4.69) is 37.7 Å². The predicted octanol–water partition coefficient (Wildman–Crippen LogP) is 2.09. The number of rotatable bonds is 5. The molecule has 2 saturated heterocycles. The molecule has 10 heteroatoms. The Morgan fingerprint density at radius 3 is 2.78 bits per heavy atom. The molecule has 0 radical (unpaired) electrons. The van der Waals surface area contributed by atoms with Crippen molar-refractivity contribution in [3.8, 4) is 11.1 Å². The van der Waals surface area contributed by atoms with Gasteiger partial charge in [-0.05, 0) is 48.7 Å². The first-order valence-electron chi connectivity index (χ1n) is 12.3. The van der Waals surface area contributed by atoms with Crippen LogP contribution in [0.25, 0.3) is 27.7 Å². The maximum absolute atomic E-state index is 13.1. The van der Waals surface area contributed by atoms with Crippen LogP contribution < -0.4 is 0 Å². The first-order chi connectivity index (χ1) is 17.6. The SMILES string of the molecule is C=CC(=O)N1CCC[C@H]1C(=O)N1CCN(Cc2cc3c(-c4cnn5ncccc45)ccnc3[nH]2)CC1. The molecule has 0 aromatic carbocycles. The van der Waals surface area contributed by atoms with E-state index in [0.717, 1.165) is 65.8 Å². The van der Waals surface area contributed by atoms with Crippen LogP contribution in [0.5, 0.6) is 0 Å². The molecule has 2 amide bonds. The van der Waals surface area contributed by atoms with Crippen LogP contribution in [0.2, 0.25) is 0 Å². The highest BCUT2D eigenvalue weighted by Gasteiger charge is 2.36. The molecular formula is C26H28N8O2. The van der Waals surface area contributed by atoms with Gasteiger partial charge in [-0.3, -0.25) is 14.5 Å². The van der Waals surface area contributed by atoms with Crippen LogP contribution >= 0.6 is 0 Å². The minimum absolute atomic E-state index is 0.0599. The van der Waals surface area contributed by atoms with Crippen molar-refractivity contribution in [2.45, 2.75) is 25.4 Å². The summed E-state index contributed by atoms with van der Waals surface area (Å²) in [5, 5.41) is 9.70. The highest BCUT2D eigenvalue weighted by Crippen LogP contribution is 2.31. The van der Waals surface area contributed by atoms with Crippen molar-refractivity contribution >= 4 is 28.4 Å². The number of nitrogens with one attached hydrogen (secondary N) is 1. The van der Waals surface area contributed by atoms with Gasteiger partial charge in [0.2, 0.25) is 11.8 Å². The van der Waals surface area contributed by atoms with E-state index in [1.807, 2.05) is 35.5 Å². The zero-order chi connectivity index (χ0) is 24.6. The lowest BCUT2D eigenvalue weighted by Crippen LogP contribution is -2.54. The Morgan fingerprint density at radius 1 is 1.08 bits per heavy atom. The molecule has 0 aliphatic carbocycles. The molecule has 1 atom stereocenters. The summed E-state index contributed by atoms with van der Waals surface area (Å²) >= 11 is 0. The molecule has 0 bridgehead atoms. The third-order valence-electron chi connectivity index (χ3n) is 7.26. The van der Waals surface area contributed by atoms with Gasteiger partial charge in [-0.15, -0.1) is 0 Å². The topological polar surface area (TPSA) is 103 Å². The Kier molecular flexibility index (Phi) is 5.73. The summed E-state index contributed by atoms with van der Waals surface area (Å²) in [6.07, 6.45) is 8.26. The van der Waals surface area contributed by atoms with E-state index in [1.54, 1.807) is 15.7 Å². The summed E-state index contributed by atoms with van der Waals surface area (Å²) in [4.78, 5) is 39.1. The van der Waals surface area contributed by atoms with Crippen molar-refractivity contribution in [2.75, 3.05) is 32.7 Å². The van der Waals surface area contributed by atoms with Crippen molar-refractivity contribution in [3.05, 3.63) is 61.2 Å². The number of amides is 2. The number of piperazine rings is 1. The van der Waals surface area contributed by atoms with Gasteiger partial charge in [0.15, 0.2) is 0 Å². The lowest BCUT2D eigenvalue weighted by Gasteiger charge is -2.37. The Labute approximate surface area is 208 Å². The van der Waals surface area contributed by atoms with E-state index in [-0.39, 0.29) is 17.9 Å². The number of hydrogen-bond acceptors (Lipinski definition) is 6. The number of carbonyl (C=O) groups is 2. The average molecular weight is 485 g/mol. The standard InChI is InChI=1S/C26H28N8O2/c1-2-24(35)33-10-4-6-23(33)26(36)32-13-11-31(12-14-32)17-18-15-20-19(7-9-27-25(20)30-18)21-16-29-34-22(21)5-3-8-28-34/h2-3,5,7-9,15-16,23H,1,4,6,10-14,17H2,(H,27,30)/t23-/m0/s1. The van der Waals surface area contributed by atoms with Crippen LogP contribution in [0.1, 0.15) is 18.5 Å². The van der Waals surface area contributed by atoms with Gasteiger partial charge in [0, 0.05) is 68.3 Å². The molecule has 4 aromatic heterocycles. The van der Waals surface area contributed by atoms with Gasteiger partial charge in [-0.1, -0.05) is 6.58 Å². The fourth-order valence-electron chi connectivity index (χ4n) is 5.42. The van der Waals surface area contributed by atoms with Gasteiger partial charge < -0.3 is 14.8 Å². The summed E-state index contributed by atoms with van der Waals surface area (Å²) in [6.45, 7) is 7.83. The Balaban J connectivity index is 1.14. The molecule has 0 unspecified atom stereocenters. The lowest BCUT2D eigenvalue weighted by molar-refractivity contribution is -0.143. The molecule has 0 spiro atoms. The smallest absolute Gasteiger partial charge is 0.246 e. The molecular weight excluding hydrogens is 456 g/mol. The molecule has 184 valence electrons. The van der Waals surface area contributed by atoms with Crippen molar-refractivity contribution in [1.29, 1.82) is 0 Å². The fourth-order valence-corrected chi connectivity index (χ4v) is 5.42. The predicted molar refractivity (Wildman–Crippen MR) is 135 cm³/mol. The quantitative estimate of drug-likeness (QED) is 0.435. The number of carbonyl (C=O) groups excluding carboxylic acids is 2. The maximum atomic E-state index is 13.1. The largest absolute Gasteiger partial charge is 0.342 e. The summed E-state index contributed by atoms with van der Waals surface area (Å²) < 4.78 is 1.63. The van der Waals surface area contributed by atoms with E-state index in [0.29, 0.717) is 19.6 Å². The highest BCUT2D eigenvalue weighted by molar-refractivity contribution is 5.97. The fraction of sp³-hybridized carbons (Fsp3) is 0.346. The zero-order valence-corrected chi connectivity index (χ0v) is 20.0. The first kappa shape index (κ1) is 22.4. The molecule has 2 aliphatic rings. The molecule has 4 aromatic rings. The van der Waals surface area contributed by atoms with Gasteiger partial charge in [-0.2, -0.15) is 14.8 Å². The summed E-state index contributed by atoms with van der Waals surface area (Å²) in [7, 11) is 0. The normalized spacial score (nSPS) is 18.8. The lowest BCUT2D eigenvalue weighted by atomic mass is 10.1. The third-order valence-corrected chi connectivity index (χ3v) is 7.26. The van der Waals surface area contributed by atoms with Crippen molar-refractivity contribution in [3.63, 3.8) is 0 Å². The van der Waals surface area contributed by atoms with Gasteiger partial charge in [-0.25, -0.2) is 4.98 Å². The summed E-state index contributed by atoms with van der Waals surface area (Å²) in [5.41, 5.74) is 4.95. The van der Waals surface area contributed by atoms with Gasteiger partial charge in [0.05, 0.1) is 11.7 Å². The number of H-pyrrole nitrogens is 1. The van der Waals surface area contributed by atoms with Gasteiger partial charge in [0.25, 0.3) is 0 Å². The number of pyridine rings is 1.